The maximum Gasteiger partial charge on any atom is 0.225 e. The number of hydrogen-bond acceptors (Lipinski definition) is 5. The maximum atomic E-state index is 11.8. The third-order valence-electron chi connectivity index (χ3n) is 4.00. The summed E-state index contributed by atoms with van der Waals surface area (Å²) < 4.78 is 0. The zero-order valence-electron chi connectivity index (χ0n) is 12.5. The summed E-state index contributed by atoms with van der Waals surface area (Å²) in [5.41, 5.74) is 1.09. The minimum absolute atomic E-state index is 0. The Kier molecular flexibility index (Phi) is 5.60. The molecule has 1 aromatic heterocycles. The lowest BCUT2D eigenvalue weighted by Gasteiger charge is -2.33. The van der Waals surface area contributed by atoms with E-state index in [2.05, 4.69) is 27.5 Å². The number of anilines is 1. The Morgan fingerprint density at radius 3 is 2.95 bits per heavy atom. The van der Waals surface area contributed by atoms with E-state index in [0.717, 1.165) is 49.8 Å². The van der Waals surface area contributed by atoms with Crippen molar-refractivity contribution in [3.05, 3.63) is 11.1 Å². The molecule has 1 N–H and O–H groups in total. The van der Waals surface area contributed by atoms with E-state index >= 15 is 0 Å². The summed E-state index contributed by atoms with van der Waals surface area (Å²) in [5.74, 6) is 0.115. The minimum atomic E-state index is 0. The first-order chi connectivity index (χ1) is 9.65. The fourth-order valence-electron chi connectivity index (χ4n) is 2.69. The average Bonchev–Trinajstić information content (AvgIpc) is 3.12. The molecule has 1 atom stereocenters. The van der Waals surface area contributed by atoms with Gasteiger partial charge in [-0.3, -0.25) is 14.6 Å². The van der Waals surface area contributed by atoms with Crippen molar-refractivity contribution >= 4 is 34.8 Å². The Balaban J connectivity index is 0.00000161. The summed E-state index contributed by atoms with van der Waals surface area (Å²) in [7, 11) is 0. The topological polar surface area (TPSA) is 48.5 Å². The van der Waals surface area contributed by atoms with Gasteiger partial charge in [-0.2, -0.15) is 0 Å². The van der Waals surface area contributed by atoms with Crippen molar-refractivity contribution in [1.82, 2.24) is 15.2 Å². The van der Waals surface area contributed by atoms with Gasteiger partial charge < -0.3 is 5.32 Å². The van der Waals surface area contributed by atoms with Crippen molar-refractivity contribution in [2.45, 2.75) is 45.3 Å². The molecule has 2 fully saturated rings. The lowest BCUT2D eigenvalue weighted by Crippen LogP contribution is -2.49. The van der Waals surface area contributed by atoms with Crippen LogP contribution in [0.25, 0.3) is 0 Å². The summed E-state index contributed by atoms with van der Waals surface area (Å²) in [6, 6.07) is 0.936. The van der Waals surface area contributed by atoms with Gasteiger partial charge in [-0.15, -0.1) is 23.7 Å². The molecule has 1 saturated carbocycles. The molecule has 118 valence electrons. The zero-order valence-corrected chi connectivity index (χ0v) is 14.2. The second-order valence-electron chi connectivity index (χ2n) is 5.77. The van der Waals surface area contributed by atoms with Crippen molar-refractivity contribution in [3.8, 4) is 0 Å². The first kappa shape index (κ1) is 16.7. The van der Waals surface area contributed by atoms with Gasteiger partial charge in [-0.25, -0.2) is 4.98 Å². The van der Waals surface area contributed by atoms with Crippen molar-refractivity contribution in [1.29, 1.82) is 0 Å². The van der Waals surface area contributed by atoms with E-state index in [-0.39, 0.29) is 18.3 Å². The van der Waals surface area contributed by atoms with Crippen LogP contribution in [0.4, 0.5) is 5.13 Å². The molecule has 1 aliphatic heterocycles. The first-order valence-corrected chi connectivity index (χ1v) is 8.22. The molecule has 2 aliphatic rings. The molecule has 1 aliphatic carbocycles. The number of piperazine rings is 1. The predicted octanol–water partition coefficient (Wildman–Crippen LogP) is 1.87. The lowest BCUT2D eigenvalue weighted by molar-refractivity contribution is -0.116. The highest BCUT2D eigenvalue weighted by molar-refractivity contribution is 7.14. The van der Waals surface area contributed by atoms with Crippen molar-refractivity contribution in [2.75, 3.05) is 24.5 Å². The predicted molar refractivity (Wildman–Crippen MR) is 88.3 cm³/mol. The molecule has 5 nitrogen and oxygen atoms in total. The number of nitrogens with zero attached hydrogens (tertiary/aromatic N) is 3. The van der Waals surface area contributed by atoms with Gasteiger partial charge in [0.15, 0.2) is 5.13 Å². The van der Waals surface area contributed by atoms with Crippen molar-refractivity contribution in [3.63, 3.8) is 0 Å². The highest BCUT2D eigenvalue weighted by atomic mass is 35.5. The Morgan fingerprint density at radius 2 is 2.33 bits per heavy atom. The fraction of sp³-hybridized carbons (Fsp3) is 0.714. The normalized spacial score (nSPS) is 22.7. The third kappa shape index (κ3) is 3.94. The second-order valence-corrected chi connectivity index (χ2v) is 6.60. The van der Waals surface area contributed by atoms with Crippen LogP contribution in [0.3, 0.4) is 0 Å². The number of carbonyl (C=O) groups excluding carboxylic acids is 1. The smallest absolute Gasteiger partial charge is 0.225 e. The summed E-state index contributed by atoms with van der Waals surface area (Å²) in [6.07, 6.45) is 2.23. The lowest BCUT2D eigenvalue weighted by atomic mass is 10.2. The van der Waals surface area contributed by atoms with E-state index in [1.165, 1.54) is 0 Å². The van der Waals surface area contributed by atoms with E-state index in [0.29, 0.717) is 12.1 Å². The van der Waals surface area contributed by atoms with Gasteiger partial charge in [0, 0.05) is 50.6 Å². The van der Waals surface area contributed by atoms with Crippen LogP contribution >= 0.6 is 23.7 Å². The quantitative estimate of drug-likeness (QED) is 0.915. The molecular weight excluding hydrogens is 308 g/mol. The van der Waals surface area contributed by atoms with Crippen LogP contribution in [0.5, 0.6) is 0 Å². The SMILES string of the molecule is CC(=O)N(c1nc(CN2CCNC[C@@H]2C)cs1)C1CC1.Cl. The maximum absolute atomic E-state index is 11.8. The van der Waals surface area contributed by atoms with Crippen LogP contribution in [0, 0.1) is 0 Å². The molecule has 21 heavy (non-hydrogen) atoms. The van der Waals surface area contributed by atoms with E-state index < -0.39 is 0 Å². The van der Waals surface area contributed by atoms with Crippen LogP contribution in [0.2, 0.25) is 0 Å². The van der Waals surface area contributed by atoms with E-state index in [4.69, 9.17) is 0 Å². The van der Waals surface area contributed by atoms with Crippen molar-refractivity contribution < 1.29 is 4.79 Å². The fourth-order valence-corrected chi connectivity index (χ4v) is 3.62. The van der Waals surface area contributed by atoms with Gasteiger partial charge >= 0.3 is 0 Å². The van der Waals surface area contributed by atoms with Gasteiger partial charge in [0.25, 0.3) is 0 Å². The largest absolute Gasteiger partial charge is 0.314 e. The number of thiazole rings is 1. The third-order valence-corrected chi connectivity index (χ3v) is 4.89. The van der Waals surface area contributed by atoms with Crippen LogP contribution in [-0.4, -0.2) is 47.5 Å². The molecule has 1 saturated heterocycles. The molecule has 7 heteroatoms. The monoisotopic (exact) mass is 330 g/mol. The highest BCUT2D eigenvalue weighted by Crippen LogP contribution is 2.33. The summed E-state index contributed by atoms with van der Waals surface area (Å²) in [5, 5.41) is 6.37. The van der Waals surface area contributed by atoms with Gasteiger partial charge in [-0.1, -0.05) is 0 Å². The number of carbonyl (C=O) groups is 1. The molecule has 3 rings (SSSR count). The van der Waals surface area contributed by atoms with Gasteiger partial charge in [0.1, 0.15) is 0 Å². The number of rotatable bonds is 4. The minimum Gasteiger partial charge on any atom is -0.314 e. The number of hydrogen-bond donors (Lipinski definition) is 1. The van der Waals surface area contributed by atoms with Gasteiger partial charge in [-0.05, 0) is 19.8 Å². The van der Waals surface area contributed by atoms with E-state index in [1.807, 2.05) is 4.90 Å². The Bertz CT molecular complexity index is 491. The second kappa shape index (κ2) is 7.05. The van der Waals surface area contributed by atoms with Gasteiger partial charge in [0.2, 0.25) is 5.91 Å². The molecule has 0 aromatic carbocycles. The molecule has 0 spiro atoms. The molecular formula is C14H23ClN4OS. The van der Waals surface area contributed by atoms with Crippen LogP contribution in [0.1, 0.15) is 32.4 Å². The summed E-state index contributed by atoms with van der Waals surface area (Å²) >= 11 is 1.60. The number of halogens is 1. The van der Waals surface area contributed by atoms with E-state index in [1.54, 1.807) is 18.3 Å². The average molecular weight is 331 g/mol. The standard InChI is InChI=1S/C14H22N4OS.ClH/c1-10-7-15-5-6-17(10)8-12-9-20-14(16-12)18(11(2)19)13-3-4-13;/h9-10,13,15H,3-8H2,1-2H3;1H/t10-;/m0./s1. The van der Waals surface area contributed by atoms with E-state index in [9.17, 15) is 4.79 Å². The van der Waals surface area contributed by atoms with Crippen LogP contribution in [0.15, 0.2) is 5.38 Å². The first-order valence-electron chi connectivity index (χ1n) is 7.34. The summed E-state index contributed by atoms with van der Waals surface area (Å²) in [4.78, 5) is 20.8. The molecule has 0 unspecified atom stereocenters. The Morgan fingerprint density at radius 1 is 1.57 bits per heavy atom. The Hall–Kier alpha value is -0.690. The number of amides is 1. The summed E-state index contributed by atoms with van der Waals surface area (Å²) in [6.45, 7) is 7.91. The van der Waals surface area contributed by atoms with Gasteiger partial charge in [0.05, 0.1) is 5.69 Å². The van der Waals surface area contributed by atoms with Crippen LogP contribution < -0.4 is 10.2 Å². The number of nitrogens with one attached hydrogen (secondary N) is 1. The molecule has 1 amide bonds. The van der Waals surface area contributed by atoms with Crippen molar-refractivity contribution in [2.24, 2.45) is 0 Å². The number of aromatic nitrogens is 1. The Labute approximate surface area is 136 Å². The molecule has 0 radical (unpaired) electrons. The molecule has 0 bridgehead atoms. The highest BCUT2D eigenvalue weighted by Gasteiger charge is 2.33. The zero-order chi connectivity index (χ0) is 14.1. The van der Waals surface area contributed by atoms with Crippen LogP contribution in [-0.2, 0) is 11.3 Å². The molecule has 2 heterocycles. The molecule has 1 aromatic rings.